The molecule has 1 rings (SSSR count). The molecule has 0 saturated carbocycles. The summed E-state index contributed by atoms with van der Waals surface area (Å²) in [7, 11) is 0. The van der Waals surface area contributed by atoms with E-state index in [1.54, 1.807) is 0 Å². The van der Waals surface area contributed by atoms with E-state index in [1.807, 2.05) is 11.8 Å². The number of benzene rings is 1. The van der Waals surface area contributed by atoms with E-state index in [0.29, 0.717) is 6.04 Å². The Balaban J connectivity index is 2.23. The van der Waals surface area contributed by atoms with Gasteiger partial charge in [0.15, 0.2) is 0 Å². The molecule has 1 unspecified atom stereocenters. The predicted octanol–water partition coefficient (Wildman–Crippen LogP) is 4.13. The number of rotatable bonds is 10. The molecule has 0 radical (unpaired) electrons. The minimum absolute atomic E-state index is 0.709. The van der Waals surface area contributed by atoms with Crippen molar-refractivity contribution in [3.8, 4) is 0 Å². The Hall–Kier alpha value is -0.470. The van der Waals surface area contributed by atoms with Gasteiger partial charge in [-0.25, -0.2) is 0 Å². The number of hydrogen-bond donors (Lipinski definition) is 1. The zero-order valence-corrected chi connectivity index (χ0v) is 12.6. The van der Waals surface area contributed by atoms with Crippen LogP contribution < -0.4 is 5.32 Å². The molecule has 0 aliphatic carbocycles. The maximum Gasteiger partial charge on any atom is 0.00750 e. The molecule has 0 heterocycles. The molecular weight excluding hydrogens is 238 g/mol. The molecule has 102 valence electrons. The Labute approximate surface area is 117 Å². The fourth-order valence-corrected chi connectivity index (χ4v) is 2.67. The summed E-state index contributed by atoms with van der Waals surface area (Å²) in [5.74, 6) is 1.27. The first-order valence-electron chi connectivity index (χ1n) is 7.13. The second-order valence-corrected chi connectivity index (χ2v) is 5.80. The minimum Gasteiger partial charge on any atom is -0.314 e. The number of hydrogen-bond acceptors (Lipinski definition) is 2. The van der Waals surface area contributed by atoms with Crippen molar-refractivity contribution in [3.05, 3.63) is 35.9 Å². The Bertz CT molecular complexity index is 278. The van der Waals surface area contributed by atoms with Crippen LogP contribution in [0.5, 0.6) is 0 Å². The fourth-order valence-electron chi connectivity index (χ4n) is 2.15. The Morgan fingerprint density at radius 1 is 1.17 bits per heavy atom. The van der Waals surface area contributed by atoms with E-state index in [-0.39, 0.29) is 0 Å². The summed E-state index contributed by atoms with van der Waals surface area (Å²) in [5.41, 5.74) is 1.47. The van der Waals surface area contributed by atoms with Gasteiger partial charge in [0, 0.05) is 6.04 Å². The van der Waals surface area contributed by atoms with Crippen LogP contribution in [0.3, 0.4) is 0 Å². The van der Waals surface area contributed by atoms with E-state index in [0.717, 1.165) is 6.54 Å². The van der Waals surface area contributed by atoms with E-state index in [9.17, 15) is 0 Å². The quantitative estimate of drug-likeness (QED) is 0.682. The van der Waals surface area contributed by atoms with Crippen LogP contribution in [0, 0.1) is 0 Å². The molecule has 18 heavy (non-hydrogen) atoms. The van der Waals surface area contributed by atoms with Gasteiger partial charge in [0.05, 0.1) is 0 Å². The Morgan fingerprint density at radius 2 is 1.94 bits per heavy atom. The third-order valence-corrected chi connectivity index (χ3v) is 3.86. The largest absolute Gasteiger partial charge is 0.314 e. The topological polar surface area (TPSA) is 12.0 Å². The molecular formula is C16H27NS. The van der Waals surface area contributed by atoms with Gasteiger partial charge in [-0.05, 0) is 56.2 Å². The van der Waals surface area contributed by atoms with Crippen molar-refractivity contribution >= 4 is 11.8 Å². The van der Waals surface area contributed by atoms with E-state index in [1.165, 1.54) is 43.4 Å². The summed E-state index contributed by atoms with van der Waals surface area (Å²) < 4.78 is 0. The van der Waals surface area contributed by atoms with Gasteiger partial charge in [-0.1, -0.05) is 37.3 Å². The lowest BCUT2D eigenvalue weighted by atomic mass is 10.0. The van der Waals surface area contributed by atoms with Gasteiger partial charge in [0.1, 0.15) is 0 Å². The zero-order valence-electron chi connectivity index (χ0n) is 11.8. The molecule has 1 atom stereocenters. The SMILES string of the molecule is CCCNC(CCCc1ccccc1)CCSC. The Morgan fingerprint density at radius 3 is 2.61 bits per heavy atom. The summed E-state index contributed by atoms with van der Waals surface area (Å²) >= 11 is 1.95. The van der Waals surface area contributed by atoms with Crippen molar-refractivity contribution in [2.75, 3.05) is 18.6 Å². The molecule has 0 aromatic heterocycles. The van der Waals surface area contributed by atoms with Crippen molar-refractivity contribution in [2.24, 2.45) is 0 Å². The fraction of sp³-hybridized carbons (Fsp3) is 0.625. The van der Waals surface area contributed by atoms with Crippen LogP contribution >= 0.6 is 11.8 Å². The molecule has 0 spiro atoms. The van der Waals surface area contributed by atoms with Crippen LogP contribution in [-0.2, 0) is 6.42 Å². The smallest absolute Gasteiger partial charge is 0.00750 e. The molecule has 1 nitrogen and oxygen atoms in total. The molecule has 0 aliphatic heterocycles. The second-order valence-electron chi connectivity index (χ2n) is 4.81. The van der Waals surface area contributed by atoms with Crippen molar-refractivity contribution in [1.29, 1.82) is 0 Å². The average Bonchev–Trinajstić information content (AvgIpc) is 2.42. The average molecular weight is 265 g/mol. The molecule has 0 saturated heterocycles. The van der Waals surface area contributed by atoms with Crippen molar-refractivity contribution < 1.29 is 0 Å². The number of nitrogens with one attached hydrogen (secondary N) is 1. The van der Waals surface area contributed by atoms with Crippen LogP contribution in [0.15, 0.2) is 30.3 Å². The van der Waals surface area contributed by atoms with Crippen LogP contribution in [0.25, 0.3) is 0 Å². The minimum atomic E-state index is 0.709. The normalized spacial score (nSPS) is 12.6. The molecule has 0 aliphatic rings. The second kappa shape index (κ2) is 10.5. The van der Waals surface area contributed by atoms with Crippen LogP contribution in [-0.4, -0.2) is 24.6 Å². The third-order valence-electron chi connectivity index (χ3n) is 3.21. The number of thioether (sulfide) groups is 1. The summed E-state index contributed by atoms with van der Waals surface area (Å²) in [6.07, 6.45) is 8.53. The summed E-state index contributed by atoms with van der Waals surface area (Å²) in [6, 6.07) is 11.5. The van der Waals surface area contributed by atoms with Gasteiger partial charge in [-0.2, -0.15) is 11.8 Å². The maximum atomic E-state index is 3.68. The van der Waals surface area contributed by atoms with E-state index in [2.05, 4.69) is 48.8 Å². The van der Waals surface area contributed by atoms with Gasteiger partial charge in [-0.15, -0.1) is 0 Å². The van der Waals surface area contributed by atoms with Crippen LogP contribution in [0.2, 0.25) is 0 Å². The van der Waals surface area contributed by atoms with Crippen molar-refractivity contribution in [2.45, 2.75) is 45.1 Å². The molecule has 1 aromatic rings. The van der Waals surface area contributed by atoms with E-state index in [4.69, 9.17) is 0 Å². The molecule has 0 bridgehead atoms. The highest BCUT2D eigenvalue weighted by molar-refractivity contribution is 7.98. The van der Waals surface area contributed by atoms with E-state index < -0.39 is 0 Å². The number of aryl methyl sites for hydroxylation is 1. The third kappa shape index (κ3) is 7.07. The first-order valence-corrected chi connectivity index (χ1v) is 8.52. The van der Waals surface area contributed by atoms with Crippen LogP contribution in [0.4, 0.5) is 0 Å². The molecule has 1 N–H and O–H groups in total. The lowest BCUT2D eigenvalue weighted by molar-refractivity contribution is 0.458. The first-order chi connectivity index (χ1) is 8.86. The highest BCUT2D eigenvalue weighted by Gasteiger charge is 2.06. The predicted molar refractivity (Wildman–Crippen MR) is 84.5 cm³/mol. The first kappa shape index (κ1) is 15.6. The monoisotopic (exact) mass is 265 g/mol. The summed E-state index contributed by atoms with van der Waals surface area (Å²) in [5, 5.41) is 3.68. The van der Waals surface area contributed by atoms with Gasteiger partial charge >= 0.3 is 0 Å². The van der Waals surface area contributed by atoms with Gasteiger partial charge in [-0.3, -0.25) is 0 Å². The van der Waals surface area contributed by atoms with E-state index >= 15 is 0 Å². The van der Waals surface area contributed by atoms with Gasteiger partial charge in [0.2, 0.25) is 0 Å². The maximum absolute atomic E-state index is 3.68. The summed E-state index contributed by atoms with van der Waals surface area (Å²) in [6.45, 7) is 3.40. The lowest BCUT2D eigenvalue weighted by Crippen LogP contribution is -2.30. The highest BCUT2D eigenvalue weighted by atomic mass is 32.2. The zero-order chi connectivity index (χ0) is 13.1. The van der Waals surface area contributed by atoms with Crippen molar-refractivity contribution in [1.82, 2.24) is 5.32 Å². The summed E-state index contributed by atoms with van der Waals surface area (Å²) in [4.78, 5) is 0. The lowest BCUT2D eigenvalue weighted by Gasteiger charge is -2.18. The molecule has 0 fully saturated rings. The molecule has 1 aromatic carbocycles. The molecule has 0 amide bonds. The van der Waals surface area contributed by atoms with Gasteiger partial charge < -0.3 is 5.32 Å². The Kier molecular flexibility index (Phi) is 9.05. The molecule has 2 heteroatoms. The highest BCUT2D eigenvalue weighted by Crippen LogP contribution is 2.10. The standard InChI is InChI=1S/C16H27NS/c1-3-13-17-16(12-14-18-2)11-7-10-15-8-5-4-6-9-15/h4-6,8-9,16-17H,3,7,10-14H2,1-2H3. The van der Waals surface area contributed by atoms with Gasteiger partial charge in [0.25, 0.3) is 0 Å². The van der Waals surface area contributed by atoms with Crippen LogP contribution in [0.1, 0.15) is 38.2 Å². The van der Waals surface area contributed by atoms with Crippen molar-refractivity contribution in [3.63, 3.8) is 0 Å².